The molecule has 0 saturated heterocycles. The molecule has 0 spiro atoms. The molecule has 30 heavy (non-hydrogen) atoms. The molecule has 2 aliphatic rings. The molecule has 152 valence electrons. The molecule has 5 nitrogen and oxygen atoms in total. The Labute approximate surface area is 176 Å². The number of para-hydroxylation sites is 1. The molecule has 0 N–H and O–H groups in total. The van der Waals surface area contributed by atoms with Gasteiger partial charge in [0.05, 0.1) is 26.0 Å². The summed E-state index contributed by atoms with van der Waals surface area (Å²) in [5, 5.41) is 7.10. The summed E-state index contributed by atoms with van der Waals surface area (Å²) in [6.45, 7) is 2.10. The normalized spacial score (nSPS) is 19.4. The number of hydrogen-bond acceptors (Lipinski definition) is 5. The van der Waals surface area contributed by atoms with E-state index < -0.39 is 0 Å². The van der Waals surface area contributed by atoms with E-state index in [0.717, 1.165) is 29.0 Å². The van der Waals surface area contributed by atoms with Gasteiger partial charge in [0.2, 0.25) is 6.23 Å². The maximum Gasteiger partial charge on any atom is 0.214 e. The summed E-state index contributed by atoms with van der Waals surface area (Å²) in [7, 11) is 3.28. The summed E-state index contributed by atoms with van der Waals surface area (Å²) >= 11 is 0. The van der Waals surface area contributed by atoms with Gasteiger partial charge in [-0.2, -0.15) is 5.10 Å². The van der Waals surface area contributed by atoms with Gasteiger partial charge in [0.1, 0.15) is 5.75 Å². The molecule has 0 unspecified atom stereocenters. The SMILES string of the molecule is COc1ccc([C@H]2Oc3ccccc3[C@@H]3CC(c4ccc(C)cc4)=NN23)cc1OC. The number of rotatable bonds is 4. The van der Waals surface area contributed by atoms with Crippen molar-refractivity contribution in [2.75, 3.05) is 14.2 Å². The lowest BCUT2D eigenvalue weighted by Gasteiger charge is -2.38. The Hall–Kier alpha value is -3.47. The van der Waals surface area contributed by atoms with Crippen LogP contribution in [0.5, 0.6) is 17.2 Å². The molecule has 0 fully saturated rings. The summed E-state index contributed by atoms with van der Waals surface area (Å²) in [6, 6.07) is 22.8. The zero-order chi connectivity index (χ0) is 20.7. The van der Waals surface area contributed by atoms with Crippen LogP contribution in [0.3, 0.4) is 0 Å². The fourth-order valence-electron chi connectivity index (χ4n) is 4.18. The van der Waals surface area contributed by atoms with Crippen LogP contribution in [-0.4, -0.2) is 24.9 Å². The third-order valence-corrected chi connectivity index (χ3v) is 5.78. The number of methoxy groups -OCH3 is 2. The van der Waals surface area contributed by atoms with E-state index in [0.29, 0.717) is 11.5 Å². The van der Waals surface area contributed by atoms with Crippen LogP contribution in [0.15, 0.2) is 71.8 Å². The predicted molar refractivity (Wildman–Crippen MR) is 116 cm³/mol. The summed E-state index contributed by atoms with van der Waals surface area (Å²) in [6.07, 6.45) is 0.500. The first-order chi connectivity index (χ1) is 14.7. The molecule has 2 aliphatic heterocycles. The number of hydrogen-bond donors (Lipinski definition) is 0. The quantitative estimate of drug-likeness (QED) is 0.600. The first-order valence-electron chi connectivity index (χ1n) is 10.1. The van der Waals surface area contributed by atoms with Gasteiger partial charge in [0.15, 0.2) is 11.5 Å². The average Bonchev–Trinajstić information content (AvgIpc) is 3.24. The smallest absolute Gasteiger partial charge is 0.214 e. The van der Waals surface area contributed by atoms with Crippen molar-refractivity contribution in [3.63, 3.8) is 0 Å². The van der Waals surface area contributed by atoms with Crippen LogP contribution in [-0.2, 0) is 0 Å². The van der Waals surface area contributed by atoms with Gasteiger partial charge in [0.25, 0.3) is 0 Å². The summed E-state index contributed by atoms with van der Waals surface area (Å²) in [5.41, 5.74) is 5.61. The van der Waals surface area contributed by atoms with Crippen molar-refractivity contribution in [2.45, 2.75) is 25.6 Å². The van der Waals surface area contributed by atoms with E-state index >= 15 is 0 Å². The lowest BCUT2D eigenvalue weighted by Crippen LogP contribution is -2.33. The molecule has 0 aromatic heterocycles. The highest BCUT2D eigenvalue weighted by Gasteiger charge is 2.41. The Balaban J connectivity index is 1.58. The topological polar surface area (TPSA) is 43.3 Å². The lowest BCUT2D eigenvalue weighted by atomic mass is 9.95. The Morgan fingerprint density at radius 1 is 0.933 bits per heavy atom. The molecule has 2 heterocycles. The third-order valence-electron chi connectivity index (χ3n) is 5.78. The molecule has 2 atom stereocenters. The molecular formula is C25H24N2O3. The Kier molecular flexibility index (Phi) is 4.58. The standard InChI is InChI=1S/C25H24N2O3/c1-16-8-10-17(11-9-16)20-15-21-19-6-4-5-7-22(19)30-25(27(21)26-20)18-12-13-23(28-2)24(14-18)29-3/h4-14,21,25H,15H2,1-3H3/t21-,25+/m0/s1. The van der Waals surface area contributed by atoms with Crippen molar-refractivity contribution in [2.24, 2.45) is 5.10 Å². The predicted octanol–water partition coefficient (Wildman–Crippen LogP) is 5.25. The van der Waals surface area contributed by atoms with Gasteiger partial charge in [-0.15, -0.1) is 0 Å². The molecule has 5 heteroatoms. The average molecular weight is 400 g/mol. The summed E-state index contributed by atoms with van der Waals surface area (Å²) in [5.74, 6) is 2.27. The molecule has 0 aliphatic carbocycles. The van der Waals surface area contributed by atoms with E-state index in [9.17, 15) is 0 Å². The largest absolute Gasteiger partial charge is 0.493 e. The second-order valence-electron chi connectivity index (χ2n) is 7.64. The Morgan fingerprint density at radius 2 is 1.70 bits per heavy atom. The number of fused-ring (bicyclic) bond motifs is 3. The van der Waals surface area contributed by atoms with Crippen molar-refractivity contribution >= 4 is 5.71 Å². The van der Waals surface area contributed by atoms with Gasteiger partial charge < -0.3 is 14.2 Å². The number of hydrazone groups is 1. The van der Waals surface area contributed by atoms with Gasteiger partial charge in [-0.3, -0.25) is 0 Å². The Morgan fingerprint density at radius 3 is 2.47 bits per heavy atom. The third kappa shape index (κ3) is 3.07. The molecule has 0 radical (unpaired) electrons. The maximum absolute atomic E-state index is 6.43. The van der Waals surface area contributed by atoms with E-state index in [2.05, 4.69) is 48.3 Å². The molecule has 3 aromatic carbocycles. The van der Waals surface area contributed by atoms with Crippen LogP contribution < -0.4 is 14.2 Å². The van der Waals surface area contributed by atoms with Crippen molar-refractivity contribution in [1.29, 1.82) is 0 Å². The van der Waals surface area contributed by atoms with Gasteiger partial charge in [0, 0.05) is 17.5 Å². The molecule has 0 bridgehead atoms. The molecule has 3 aromatic rings. The minimum Gasteiger partial charge on any atom is -0.493 e. The highest BCUT2D eigenvalue weighted by Crippen LogP contribution is 2.48. The van der Waals surface area contributed by atoms with Gasteiger partial charge in [-0.1, -0.05) is 48.0 Å². The second kappa shape index (κ2) is 7.41. The zero-order valence-corrected chi connectivity index (χ0v) is 17.3. The van der Waals surface area contributed by atoms with Gasteiger partial charge in [-0.25, -0.2) is 5.01 Å². The zero-order valence-electron chi connectivity index (χ0n) is 17.3. The monoisotopic (exact) mass is 400 g/mol. The van der Waals surface area contributed by atoms with Crippen LogP contribution in [0, 0.1) is 6.92 Å². The van der Waals surface area contributed by atoms with Gasteiger partial charge in [-0.05, 0) is 36.8 Å². The van der Waals surface area contributed by atoms with Crippen molar-refractivity contribution in [3.8, 4) is 17.2 Å². The fourth-order valence-corrected chi connectivity index (χ4v) is 4.18. The van der Waals surface area contributed by atoms with Crippen LogP contribution >= 0.6 is 0 Å². The summed E-state index contributed by atoms with van der Waals surface area (Å²) < 4.78 is 17.3. The summed E-state index contributed by atoms with van der Waals surface area (Å²) in [4.78, 5) is 0. The van der Waals surface area contributed by atoms with Gasteiger partial charge >= 0.3 is 0 Å². The van der Waals surface area contributed by atoms with Crippen LogP contribution in [0.2, 0.25) is 0 Å². The number of aryl methyl sites for hydroxylation is 1. The molecule has 0 amide bonds. The van der Waals surface area contributed by atoms with Crippen molar-refractivity contribution in [1.82, 2.24) is 5.01 Å². The number of nitrogens with zero attached hydrogens (tertiary/aromatic N) is 2. The molecule has 5 rings (SSSR count). The minimum atomic E-state index is -0.340. The number of benzene rings is 3. The van der Waals surface area contributed by atoms with Crippen molar-refractivity contribution in [3.05, 3.63) is 89.0 Å². The lowest BCUT2D eigenvalue weighted by molar-refractivity contribution is -0.0191. The Bertz CT molecular complexity index is 1110. The van der Waals surface area contributed by atoms with Crippen molar-refractivity contribution < 1.29 is 14.2 Å². The maximum atomic E-state index is 6.43. The minimum absolute atomic E-state index is 0.129. The molecule has 0 saturated carbocycles. The van der Waals surface area contributed by atoms with E-state index in [-0.39, 0.29) is 12.3 Å². The van der Waals surface area contributed by atoms with Crippen LogP contribution in [0.25, 0.3) is 0 Å². The highest BCUT2D eigenvalue weighted by atomic mass is 16.5. The van der Waals surface area contributed by atoms with E-state index in [1.165, 1.54) is 11.1 Å². The van der Waals surface area contributed by atoms with E-state index in [4.69, 9.17) is 19.3 Å². The highest BCUT2D eigenvalue weighted by molar-refractivity contribution is 6.02. The first-order valence-corrected chi connectivity index (χ1v) is 10.1. The second-order valence-corrected chi connectivity index (χ2v) is 7.64. The molecular weight excluding hydrogens is 376 g/mol. The van der Waals surface area contributed by atoms with Crippen LogP contribution in [0.4, 0.5) is 0 Å². The first kappa shape index (κ1) is 18.6. The fraction of sp³-hybridized carbons (Fsp3) is 0.240. The van der Waals surface area contributed by atoms with E-state index in [1.807, 2.05) is 30.3 Å². The van der Waals surface area contributed by atoms with E-state index in [1.54, 1.807) is 14.2 Å². The number of ether oxygens (including phenoxy) is 3. The van der Waals surface area contributed by atoms with Crippen LogP contribution in [0.1, 0.15) is 40.9 Å².